The highest BCUT2D eigenvalue weighted by atomic mass is 19.1. The maximum Gasteiger partial charge on any atom is 0.255 e. The van der Waals surface area contributed by atoms with Crippen molar-refractivity contribution in [3.05, 3.63) is 59.4 Å². The lowest BCUT2D eigenvalue weighted by molar-refractivity contribution is 0.102. The molecule has 1 aliphatic rings. The number of nitrogens with one attached hydrogen (secondary N) is 2. The number of nitrogens with zero attached hydrogens (tertiary/aromatic N) is 4. The predicted octanol–water partition coefficient (Wildman–Crippen LogP) is 3.93. The molecular formula is C27H33FN6O3. The van der Waals surface area contributed by atoms with Crippen LogP contribution < -0.4 is 15.5 Å². The normalized spacial score (nSPS) is 14.8. The minimum Gasteiger partial charge on any atom is -0.392 e. The molecule has 37 heavy (non-hydrogen) atoms. The first kappa shape index (κ1) is 26.4. The van der Waals surface area contributed by atoms with E-state index in [-0.39, 0.29) is 11.6 Å². The van der Waals surface area contributed by atoms with E-state index in [1.807, 2.05) is 31.2 Å². The Balaban J connectivity index is 1.64. The monoisotopic (exact) mass is 508 g/mol. The van der Waals surface area contributed by atoms with E-state index in [4.69, 9.17) is 9.72 Å². The molecule has 9 nitrogen and oxygen atoms in total. The molecule has 1 atom stereocenters. The van der Waals surface area contributed by atoms with Crippen LogP contribution >= 0.6 is 0 Å². The Hall–Kier alpha value is -3.63. The third-order valence-corrected chi connectivity index (χ3v) is 5.99. The Morgan fingerprint density at radius 2 is 1.95 bits per heavy atom. The van der Waals surface area contributed by atoms with Crippen LogP contribution in [-0.4, -0.2) is 64.9 Å². The molecule has 1 amide bonds. The number of aryl methyl sites for hydroxylation is 1. The molecule has 0 radical (unpaired) electrons. The summed E-state index contributed by atoms with van der Waals surface area (Å²) in [6, 6.07) is 10.4. The van der Waals surface area contributed by atoms with Crippen LogP contribution in [0.4, 0.5) is 21.8 Å². The molecule has 0 bridgehead atoms. The standard InChI is InChI=1S/C27H33FN6O3/c1-17-5-6-20(31-25(36)19-7-8-29-23(13-19)27(3,4)28)14-21(17)22-15-24(30-16-18(2)35)33-26(32-22)34-9-11-37-12-10-34/h5-8,13-15,18,35H,9-12,16H2,1-4H3,(H,31,36)(H,30,32,33). The highest BCUT2D eigenvalue weighted by Crippen LogP contribution is 2.29. The summed E-state index contributed by atoms with van der Waals surface area (Å²) in [7, 11) is 0. The Morgan fingerprint density at radius 1 is 1.19 bits per heavy atom. The topological polar surface area (TPSA) is 112 Å². The van der Waals surface area contributed by atoms with E-state index >= 15 is 0 Å². The molecule has 1 unspecified atom stereocenters. The van der Waals surface area contributed by atoms with Gasteiger partial charge in [-0.3, -0.25) is 9.78 Å². The van der Waals surface area contributed by atoms with Crippen LogP contribution in [0.25, 0.3) is 11.3 Å². The van der Waals surface area contributed by atoms with Crippen LogP contribution in [0.1, 0.15) is 42.4 Å². The highest BCUT2D eigenvalue weighted by Gasteiger charge is 2.22. The van der Waals surface area contributed by atoms with Crippen molar-refractivity contribution in [1.29, 1.82) is 0 Å². The lowest BCUT2D eigenvalue weighted by atomic mass is 10.0. The largest absolute Gasteiger partial charge is 0.392 e. The predicted molar refractivity (Wildman–Crippen MR) is 142 cm³/mol. The molecular weight excluding hydrogens is 475 g/mol. The van der Waals surface area contributed by atoms with Gasteiger partial charge < -0.3 is 25.4 Å². The van der Waals surface area contributed by atoms with Crippen molar-refractivity contribution in [2.24, 2.45) is 0 Å². The summed E-state index contributed by atoms with van der Waals surface area (Å²) in [5.41, 5.74) is 1.92. The number of hydrogen-bond donors (Lipinski definition) is 3. The van der Waals surface area contributed by atoms with Gasteiger partial charge >= 0.3 is 0 Å². The number of carbonyl (C=O) groups excluding carboxylic acids is 1. The number of anilines is 3. The lowest BCUT2D eigenvalue weighted by Crippen LogP contribution is -2.37. The molecule has 3 heterocycles. The molecule has 2 aromatic heterocycles. The molecule has 0 aliphatic carbocycles. The number of halogens is 1. The lowest BCUT2D eigenvalue weighted by Gasteiger charge is -2.27. The van der Waals surface area contributed by atoms with E-state index in [1.54, 1.807) is 13.0 Å². The van der Waals surface area contributed by atoms with Gasteiger partial charge in [0.1, 0.15) is 11.5 Å². The number of aliphatic hydroxyl groups is 1. The average molecular weight is 509 g/mol. The number of ether oxygens (including phenoxy) is 1. The van der Waals surface area contributed by atoms with Crippen LogP contribution in [0.2, 0.25) is 0 Å². The summed E-state index contributed by atoms with van der Waals surface area (Å²) >= 11 is 0. The minimum atomic E-state index is -1.65. The van der Waals surface area contributed by atoms with E-state index in [0.717, 1.165) is 11.1 Å². The van der Waals surface area contributed by atoms with Gasteiger partial charge in [0.05, 0.1) is 30.7 Å². The number of pyridine rings is 1. The number of carbonyl (C=O) groups is 1. The van der Waals surface area contributed by atoms with Crippen molar-refractivity contribution >= 4 is 23.4 Å². The third-order valence-electron chi connectivity index (χ3n) is 5.99. The maximum atomic E-state index is 14.3. The number of benzene rings is 1. The van der Waals surface area contributed by atoms with Crippen LogP contribution in [0, 0.1) is 6.92 Å². The fourth-order valence-electron chi connectivity index (χ4n) is 3.90. The number of aromatic nitrogens is 3. The second-order valence-electron chi connectivity index (χ2n) is 9.65. The van der Waals surface area contributed by atoms with Gasteiger partial charge in [0.25, 0.3) is 5.91 Å². The van der Waals surface area contributed by atoms with E-state index < -0.39 is 11.8 Å². The molecule has 0 spiro atoms. The Kier molecular flexibility index (Phi) is 7.99. The molecule has 3 aromatic rings. The fraction of sp³-hybridized carbons (Fsp3) is 0.407. The van der Waals surface area contributed by atoms with E-state index in [1.165, 1.54) is 26.1 Å². The maximum absolute atomic E-state index is 14.3. The van der Waals surface area contributed by atoms with Crippen molar-refractivity contribution in [1.82, 2.24) is 15.0 Å². The first-order valence-corrected chi connectivity index (χ1v) is 12.3. The highest BCUT2D eigenvalue weighted by molar-refractivity contribution is 6.04. The zero-order chi connectivity index (χ0) is 26.6. The fourth-order valence-corrected chi connectivity index (χ4v) is 3.90. The Bertz CT molecular complexity index is 1260. The first-order chi connectivity index (χ1) is 17.6. The molecule has 1 aliphatic heterocycles. The Labute approximate surface area is 216 Å². The molecule has 10 heteroatoms. The molecule has 0 saturated carbocycles. The zero-order valence-corrected chi connectivity index (χ0v) is 21.6. The molecule has 196 valence electrons. The van der Waals surface area contributed by atoms with Crippen molar-refractivity contribution in [3.63, 3.8) is 0 Å². The third kappa shape index (κ3) is 6.78. The van der Waals surface area contributed by atoms with Crippen molar-refractivity contribution in [2.75, 3.05) is 48.4 Å². The van der Waals surface area contributed by atoms with Gasteiger partial charge in [0.2, 0.25) is 5.95 Å². The number of amides is 1. The smallest absolute Gasteiger partial charge is 0.255 e. The van der Waals surface area contributed by atoms with E-state index in [2.05, 4.69) is 25.5 Å². The van der Waals surface area contributed by atoms with Gasteiger partial charge in [-0.25, -0.2) is 9.37 Å². The van der Waals surface area contributed by atoms with Gasteiger partial charge in [-0.05, 0) is 57.5 Å². The van der Waals surface area contributed by atoms with Gasteiger partial charge in [-0.1, -0.05) is 6.07 Å². The van der Waals surface area contributed by atoms with Gasteiger partial charge in [-0.2, -0.15) is 4.98 Å². The molecule has 1 fully saturated rings. The van der Waals surface area contributed by atoms with Crippen LogP contribution in [-0.2, 0) is 10.4 Å². The number of alkyl halides is 1. The summed E-state index contributed by atoms with van der Waals surface area (Å²) in [4.78, 5) is 28.5. The number of morpholine rings is 1. The van der Waals surface area contributed by atoms with Gasteiger partial charge in [0, 0.05) is 48.7 Å². The summed E-state index contributed by atoms with van der Waals surface area (Å²) in [6.07, 6.45) is 0.893. The second-order valence-corrected chi connectivity index (χ2v) is 9.65. The molecule has 3 N–H and O–H groups in total. The summed E-state index contributed by atoms with van der Waals surface area (Å²) in [6.45, 7) is 9.38. The summed E-state index contributed by atoms with van der Waals surface area (Å²) < 4.78 is 19.8. The van der Waals surface area contributed by atoms with Crippen molar-refractivity contribution in [3.8, 4) is 11.3 Å². The van der Waals surface area contributed by atoms with E-state index in [0.29, 0.717) is 61.6 Å². The molecule has 1 saturated heterocycles. The molecule has 4 rings (SSSR count). The second kappa shape index (κ2) is 11.2. The molecule has 1 aromatic carbocycles. The first-order valence-electron chi connectivity index (χ1n) is 12.3. The number of hydrogen-bond acceptors (Lipinski definition) is 8. The van der Waals surface area contributed by atoms with Crippen LogP contribution in [0.3, 0.4) is 0 Å². The van der Waals surface area contributed by atoms with E-state index in [9.17, 15) is 14.3 Å². The SMILES string of the molecule is Cc1ccc(NC(=O)c2ccnc(C(C)(C)F)c2)cc1-c1cc(NCC(C)O)nc(N2CCOCC2)n1. The zero-order valence-electron chi connectivity index (χ0n) is 21.6. The average Bonchev–Trinajstić information content (AvgIpc) is 2.88. The quantitative estimate of drug-likeness (QED) is 0.420. The van der Waals surface area contributed by atoms with Gasteiger partial charge in [0.15, 0.2) is 0 Å². The van der Waals surface area contributed by atoms with Crippen LogP contribution in [0.15, 0.2) is 42.6 Å². The summed E-state index contributed by atoms with van der Waals surface area (Å²) in [5, 5.41) is 15.8. The van der Waals surface area contributed by atoms with Gasteiger partial charge in [-0.15, -0.1) is 0 Å². The van der Waals surface area contributed by atoms with Crippen molar-refractivity contribution in [2.45, 2.75) is 39.5 Å². The van der Waals surface area contributed by atoms with Crippen molar-refractivity contribution < 1.29 is 19.0 Å². The minimum absolute atomic E-state index is 0.193. The number of rotatable bonds is 8. The number of aliphatic hydroxyl groups excluding tert-OH is 1. The Morgan fingerprint density at radius 3 is 2.65 bits per heavy atom. The van der Waals surface area contributed by atoms with Crippen LogP contribution in [0.5, 0.6) is 0 Å². The summed E-state index contributed by atoms with van der Waals surface area (Å²) in [5.74, 6) is 0.805.